The Labute approximate surface area is 719 Å². The van der Waals surface area contributed by atoms with Crippen LogP contribution in [-0.2, 0) is 25.9 Å². The number of hydrogen-bond donors (Lipinski definition) is 6. The molecule has 2 amide bonds. The number of anilines is 4. The van der Waals surface area contributed by atoms with Gasteiger partial charge in [-0.1, -0.05) is 121 Å². The number of piperidine rings is 1. The number of nitrogen functional groups attached to an aromatic ring is 4. The van der Waals surface area contributed by atoms with Gasteiger partial charge in [-0.25, -0.2) is 39.9 Å². The Morgan fingerprint density at radius 2 is 0.817 bits per heavy atom. The molecule has 26 nitrogen and oxygen atoms in total. The first-order valence-corrected chi connectivity index (χ1v) is 41.6. The zero-order chi connectivity index (χ0) is 85.0. The smallest absolute Gasteiger partial charge is 0.257 e. The lowest BCUT2D eigenvalue weighted by atomic mass is 9.98. The van der Waals surface area contributed by atoms with Gasteiger partial charge >= 0.3 is 0 Å². The van der Waals surface area contributed by atoms with Gasteiger partial charge < -0.3 is 67.2 Å². The van der Waals surface area contributed by atoms with Gasteiger partial charge in [0.1, 0.15) is 47.6 Å². The summed E-state index contributed by atoms with van der Waals surface area (Å²) < 4.78 is 23.3. The van der Waals surface area contributed by atoms with Crippen molar-refractivity contribution < 1.29 is 38.1 Å². The van der Waals surface area contributed by atoms with Crippen LogP contribution in [0, 0.1) is 5.92 Å². The van der Waals surface area contributed by atoms with Crippen LogP contribution in [0.5, 0.6) is 23.5 Å². The maximum absolute atomic E-state index is 13.0. The average molecular weight is 1710 g/mol. The van der Waals surface area contributed by atoms with Crippen molar-refractivity contribution in [3.8, 4) is 23.5 Å². The molecular formula is C90H102Cl4N18O8. The molecule has 2 aliphatic heterocycles. The lowest BCUT2D eigenvalue weighted by Gasteiger charge is -2.28. The minimum atomic E-state index is -0.302. The summed E-state index contributed by atoms with van der Waals surface area (Å²) >= 11 is 24.3. The number of amides is 2. The second-order valence-electron chi connectivity index (χ2n) is 29.6. The molecule has 10 N–H and O–H groups in total. The highest BCUT2D eigenvalue weighted by Crippen LogP contribution is 2.31. The number of fused-ring (bicyclic) bond motifs is 4. The molecule has 12 aromatic rings. The summed E-state index contributed by atoms with van der Waals surface area (Å²) in [7, 11) is 6.02. The number of hydrogen-bond acceptors (Lipinski definition) is 24. The molecule has 120 heavy (non-hydrogen) atoms. The second kappa shape index (κ2) is 44.7. The summed E-state index contributed by atoms with van der Waals surface area (Å²) in [6.45, 7) is 15.8. The highest BCUT2D eigenvalue weighted by Gasteiger charge is 2.24. The Balaban J connectivity index is 0.000000157. The van der Waals surface area contributed by atoms with Crippen LogP contribution >= 0.6 is 46.4 Å². The van der Waals surface area contributed by atoms with Gasteiger partial charge in [0.05, 0.1) is 44.4 Å². The highest BCUT2D eigenvalue weighted by molar-refractivity contribution is 6.32. The number of pyridine rings is 8. The van der Waals surface area contributed by atoms with Gasteiger partial charge in [0.15, 0.2) is 11.6 Å². The fraction of sp³-hybridized carbons (Fsp3) is 0.333. The molecule has 8 aromatic heterocycles. The van der Waals surface area contributed by atoms with E-state index >= 15 is 0 Å². The van der Waals surface area contributed by atoms with E-state index in [1.54, 1.807) is 49.1 Å². The third-order valence-corrected chi connectivity index (χ3v) is 21.5. The van der Waals surface area contributed by atoms with Crippen molar-refractivity contribution in [3.05, 3.63) is 236 Å². The zero-order valence-corrected chi connectivity index (χ0v) is 71.2. The molecule has 2 saturated heterocycles. The first kappa shape index (κ1) is 89.6. The van der Waals surface area contributed by atoms with E-state index in [4.69, 9.17) is 88.3 Å². The molecule has 2 fully saturated rings. The number of carbonyl (C=O) groups is 4. The number of nitrogens with one attached hydrogen (secondary N) is 2. The van der Waals surface area contributed by atoms with E-state index in [1.807, 2.05) is 116 Å². The summed E-state index contributed by atoms with van der Waals surface area (Å²) in [5, 5.41) is 15.0. The molecule has 0 bridgehead atoms. The number of rotatable bonds is 32. The number of nitrogens with zero attached hydrogens (tertiary/aromatic N) is 12. The lowest BCUT2D eigenvalue weighted by molar-refractivity contribution is 0.0937. The largest absolute Gasteiger partial charge is 0.477 e. The Kier molecular flexibility index (Phi) is 33.4. The third-order valence-electron chi connectivity index (χ3n) is 20.7. The van der Waals surface area contributed by atoms with E-state index in [0.29, 0.717) is 161 Å². The fourth-order valence-corrected chi connectivity index (χ4v) is 14.4. The normalized spacial score (nSPS) is 13.0. The van der Waals surface area contributed by atoms with E-state index in [-0.39, 0.29) is 29.3 Å². The number of ether oxygens (including phenoxy) is 4. The quantitative estimate of drug-likeness (QED) is 0.0168. The third kappa shape index (κ3) is 26.2. The van der Waals surface area contributed by atoms with Gasteiger partial charge in [0, 0.05) is 117 Å². The Bertz CT molecular complexity index is 5500. The summed E-state index contributed by atoms with van der Waals surface area (Å²) in [5.41, 5.74) is 29.2. The molecule has 4 aromatic carbocycles. The van der Waals surface area contributed by atoms with Crippen LogP contribution in [0.3, 0.4) is 0 Å². The van der Waals surface area contributed by atoms with Gasteiger partial charge in [-0.15, -0.1) is 0 Å². The number of carbonyl (C=O) groups excluding carboxylic acids is 4. The summed E-state index contributed by atoms with van der Waals surface area (Å²) in [5.74, 6) is 3.12. The van der Waals surface area contributed by atoms with E-state index in [1.165, 1.54) is 37.6 Å². The Hall–Kier alpha value is -11.2. The summed E-state index contributed by atoms with van der Waals surface area (Å²) in [6.07, 6.45) is 20.1. The van der Waals surface area contributed by atoms with Crippen molar-refractivity contribution >= 4 is 136 Å². The molecule has 0 unspecified atom stereocenters. The van der Waals surface area contributed by atoms with Crippen molar-refractivity contribution in [1.29, 1.82) is 0 Å². The maximum Gasteiger partial charge on any atom is 0.257 e. The first-order valence-electron chi connectivity index (χ1n) is 40.1. The molecular weight excluding hydrogens is 1600 g/mol. The molecule has 0 radical (unpaired) electrons. The monoisotopic (exact) mass is 1700 g/mol. The van der Waals surface area contributed by atoms with Crippen LogP contribution in [0.4, 0.5) is 23.3 Å². The zero-order valence-electron chi connectivity index (χ0n) is 68.2. The van der Waals surface area contributed by atoms with Crippen LogP contribution in [0.25, 0.3) is 43.1 Å². The minimum Gasteiger partial charge on any atom is -0.477 e. The van der Waals surface area contributed by atoms with E-state index in [9.17, 15) is 19.2 Å². The molecule has 30 heteroatoms. The standard InChI is InChI=1S/C24H27ClN4O2.C23H28ClN5O2.C23H25ClN4O2.C20H22ClN5O2/c1-29-10-7-17(8-11-29)15-31-24-21(13-19(25)14-28-24)22(30)5-3-16-2-4-20-18(12-16)6-9-27-23(20)26;1-3-29(4-2)10-5-11-31-23-20(13-18(24)15-28-23)22(30)27-14-16-6-7-19-17(12-16)8-9-26-21(19)25;24-18-14-20(23(27-15-18)30-12-11-28-9-1-2-10-28)21(29)6-4-16-3-5-19-17(13-16)7-8-26-22(19)25;1-26(2)7-8-28-20-17(10-15(21)12-25-20)19(27)24-11-13-3-4-16-14(9-13)5-6-23-18(16)22/h2,4,6,9,12-14,17H,3,5,7-8,10-11,15H2,1H3,(H2,26,27);6-9,12-13,15H,3-5,10-11,14H2,1-2H3,(H2,25,26)(H,27,30);3,5,7-8,13-15H,1-2,4,6,9-12H2,(H2,25,26);3-6,9-10,12H,7-8,11H2,1-2H3,(H2,22,23)(H,24,27). The van der Waals surface area contributed by atoms with Gasteiger partial charge in [-0.3, -0.25) is 24.1 Å². The SMILES string of the molecule is CCN(CC)CCCOc1ncc(Cl)cc1C(=O)NCc1ccc2c(N)nccc2c1.CN(C)CCOc1ncc(Cl)cc1C(=O)NCc1ccc2c(N)nccc2c1.CN1CCC(COc2ncc(Cl)cc2C(=O)CCc2ccc3c(N)nccc3c2)CC1.Nc1nccc2cc(CCC(=O)c3cc(Cl)cnc3OCCN3CCCC3)ccc12. The van der Waals surface area contributed by atoms with E-state index in [2.05, 4.69) is 86.1 Å². The minimum absolute atomic E-state index is 0.0253. The fourth-order valence-electron chi connectivity index (χ4n) is 13.8. The van der Waals surface area contributed by atoms with Crippen LogP contribution < -0.4 is 52.5 Å². The van der Waals surface area contributed by atoms with Gasteiger partial charge in [-0.05, 0) is 216 Å². The number of likely N-dealkylation sites (tertiary alicyclic amines) is 2. The van der Waals surface area contributed by atoms with Crippen LogP contribution in [0.1, 0.15) is 122 Å². The Morgan fingerprint density at radius 3 is 1.23 bits per heavy atom. The summed E-state index contributed by atoms with van der Waals surface area (Å²) in [4.78, 5) is 93.7. The predicted molar refractivity (Wildman–Crippen MR) is 478 cm³/mol. The summed E-state index contributed by atoms with van der Waals surface area (Å²) in [6, 6.07) is 37.6. The number of aromatic nitrogens is 8. The van der Waals surface area contributed by atoms with Crippen molar-refractivity contribution in [1.82, 2.24) is 70.1 Å². The number of aryl methyl sites for hydroxylation is 2. The first-order chi connectivity index (χ1) is 58.0. The van der Waals surface area contributed by atoms with Crippen molar-refractivity contribution in [2.75, 3.05) is 129 Å². The second-order valence-corrected chi connectivity index (χ2v) is 31.3. The molecule has 0 spiro atoms. The van der Waals surface area contributed by atoms with Crippen LogP contribution in [0.2, 0.25) is 20.1 Å². The van der Waals surface area contributed by atoms with E-state index < -0.39 is 0 Å². The molecule has 0 saturated carbocycles. The molecule has 2 aliphatic rings. The van der Waals surface area contributed by atoms with Crippen molar-refractivity contribution in [3.63, 3.8) is 0 Å². The topological polar surface area (TPSA) is 349 Å². The molecule has 628 valence electrons. The van der Waals surface area contributed by atoms with Crippen LogP contribution in [-0.4, -0.2) is 189 Å². The van der Waals surface area contributed by atoms with E-state index in [0.717, 1.165) is 137 Å². The van der Waals surface area contributed by atoms with Crippen molar-refractivity contribution in [2.24, 2.45) is 5.92 Å². The highest BCUT2D eigenvalue weighted by atomic mass is 35.5. The van der Waals surface area contributed by atoms with Gasteiger partial charge in [0.25, 0.3) is 11.8 Å². The Morgan fingerprint density at radius 1 is 0.450 bits per heavy atom. The number of halogens is 4. The van der Waals surface area contributed by atoms with Crippen molar-refractivity contribution in [2.45, 2.75) is 84.7 Å². The predicted octanol–water partition coefficient (Wildman–Crippen LogP) is 15.2. The average Bonchev–Trinajstić information content (AvgIpc) is 0.939. The number of benzene rings is 4. The maximum atomic E-state index is 13.0. The van der Waals surface area contributed by atoms with Gasteiger partial charge in [0.2, 0.25) is 23.5 Å². The number of likely N-dealkylation sites (N-methyl/N-ethyl adjacent to an activating group) is 1. The molecule has 10 heterocycles. The lowest BCUT2D eigenvalue weighted by Crippen LogP contribution is -2.32. The van der Waals surface area contributed by atoms with Gasteiger partial charge in [-0.2, -0.15) is 0 Å². The molecule has 14 rings (SSSR count). The number of ketones is 2. The van der Waals surface area contributed by atoms with Crippen LogP contribution in [0.15, 0.2) is 171 Å². The number of nitrogens with two attached hydrogens (primary N) is 4. The number of Topliss-reactive ketones (excluding diaryl/α,β-unsaturated/α-hetero) is 2. The molecule has 0 atom stereocenters. The molecule has 0 aliphatic carbocycles.